The molecule has 1 aromatic rings. The fourth-order valence-electron chi connectivity index (χ4n) is 1.60. The number of carbonyl (C=O) groups is 1. The van der Waals surface area contributed by atoms with Crippen LogP contribution in [0.15, 0.2) is 18.3 Å². The van der Waals surface area contributed by atoms with Gasteiger partial charge in [-0.25, -0.2) is 0 Å². The van der Waals surface area contributed by atoms with Crippen LogP contribution in [-0.2, 0) is 6.18 Å². The summed E-state index contributed by atoms with van der Waals surface area (Å²) in [7, 11) is 0. The van der Waals surface area contributed by atoms with Gasteiger partial charge in [0.25, 0.3) is 5.91 Å². The Hall–Kier alpha value is -1.59. The van der Waals surface area contributed by atoms with Gasteiger partial charge in [-0.1, -0.05) is 26.7 Å². The molecule has 0 spiro atoms. The minimum Gasteiger partial charge on any atom is -0.350 e. The molecule has 3 nitrogen and oxygen atoms in total. The lowest BCUT2D eigenvalue weighted by atomic mass is 10.0. The molecular weight excluding hydrogens is 257 g/mol. The maximum absolute atomic E-state index is 12.3. The summed E-state index contributed by atoms with van der Waals surface area (Å²) in [5.74, 6) is -0.0703. The first-order valence-corrected chi connectivity index (χ1v) is 6.19. The molecule has 0 unspecified atom stereocenters. The van der Waals surface area contributed by atoms with Crippen molar-refractivity contribution in [3.05, 3.63) is 29.6 Å². The maximum Gasteiger partial charge on any atom is 0.417 e. The lowest BCUT2D eigenvalue weighted by Gasteiger charge is -2.13. The molecule has 0 aromatic carbocycles. The molecular formula is C13H17F3N2O. The van der Waals surface area contributed by atoms with Gasteiger partial charge in [0.2, 0.25) is 0 Å². The van der Waals surface area contributed by atoms with Crippen LogP contribution in [-0.4, -0.2) is 17.4 Å². The Balaban J connectivity index is 2.63. The van der Waals surface area contributed by atoms with Crippen molar-refractivity contribution in [1.82, 2.24) is 10.3 Å². The van der Waals surface area contributed by atoms with Crippen LogP contribution in [0.1, 0.15) is 42.7 Å². The zero-order chi connectivity index (χ0) is 14.5. The van der Waals surface area contributed by atoms with E-state index in [9.17, 15) is 18.0 Å². The van der Waals surface area contributed by atoms with Gasteiger partial charge in [0.05, 0.1) is 5.56 Å². The van der Waals surface area contributed by atoms with E-state index in [1.54, 1.807) is 0 Å². The summed E-state index contributed by atoms with van der Waals surface area (Å²) >= 11 is 0. The highest BCUT2D eigenvalue weighted by Gasteiger charge is 2.30. The maximum atomic E-state index is 12.3. The topological polar surface area (TPSA) is 42.0 Å². The lowest BCUT2D eigenvalue weighted by Crippen LogP contribution is -2.29. The first kappa shape index (κ1) is 15.5. The molecule has 1 heterocycles. The van der Waals surface area contributed by atoms with Gasteiger partial charge in [-0.05, 0) is 18.1 Å². The highest BCUT2D eigenvalue weighted by Crippen LogP contribution is 2.28. The molecule has 1 aromatic heterocycles. The number of hydrogen-bond donors (Lipinski definition) is 1. The van der Waals surface area contributed by atoms with Gasteiger partial charge < -0.3 is 5.32 Å². The molecule has 0 saturated carbocycles. The Morgan fingerprint density at radius 2 is 1.95 bits per heavy atom. The van der Waals surface area contributed by atoms with Crippen LogP contribution in [0.4, 0.5) is 13.2 Å². The van der Waals surface area contributed by atoms with E-state index in [2.05, 4.69) is 10.3 Å². The van der Waals surface area contributed by atoms with E-state index in [4.69, 9.17) is 0 Å². The molecule has 19 heavy (non-hydrogen) atoms. The Labute approximate surface area is 110 Å². The number of hydrogen-bond acceptors (Lipinski definition) is 2. The molecule has 0 aliphatic rings. The molecule has 0 saturated heterocycles. The van der Waals surface area contributed by atoms with Crippen LogP contribution < -0.4 is 5.32 Å². The zero-order valence-corrected chi connectivity index (χ0v) is 10.9. The molecule has 0 aliphatic heterocycles. The van der Waals surface area contributed by atoms with E-state index >= 15 is 0 Å². The third kappa shape index (κ3) is 4.54. The van der Waals surface area contributed by atoms with Gasteiger partial charge in [-0.15, -0.1) is 0 Å². The Kier molecular flexibility index (Phi) is 5.32. The summed E-state index contributed by atoms with van der Waals surface area (Å²) in [5, 5.41) is 2.68. The van der Waals surface area contributed by atoms with Crippen molar-refractivity contribution in [1.29, 1.82) is 0 Å². The van der Waals surface area contributed by atoms with Crippen molar-refractivity contribution in [3.8, 4) is 0 Å². The van der Waals surface area contributed by atoms with Crippen molar-refractivity contribution in [3.63, 3.8) is 0 Å². The predicted molar refractivity (Wildman–Crippen MR) is 65.6 cm³/mol. The second-order valence-electron chi connectivity index (χ2n) is 4.32. The summed E-state index contributed by atoms with van der Waals surface area (Å²) in [4.78, 5) is 15.2. The van der Waals surface area contributed by atoms with Crippen LogP contribution in [0, 0.1) is 5.92 Å². The second-order valence-corrected chi connectivity index (χ2v) is 4.32. The molecule has 0 bridgehead atoms. The second kappa shape index (κ2) is 6.54. The molecule has 1 rings (SSSR count). The number of nitrogens with one attached hydrogen (secondary N) is 1. The van der Waals surface area contributed by atoms with Gasteiger partial charge in [-0.3, -0.25) is 9.78 Å². The molecule has 106 valence electrons. The number of aromatic nitrogens is 1. The zero-order valence-electron chi connectivity index (χ0n) is 10.9. The number of pyridine rings is 1. The third-order valence-corrected chi connectivity index (χ3v) is 3.03. The number of rotatable bonds is 5. The average Bonchev–Trinajstić information content (AvgIpc) is 2.39. The van der Waals surface area contributed by atoms with Crippen molar-refractivity contribution in [2.75, 3.05) is 6.54 Å². The summed E-state index contributed by atoms with van der Waals surface area (Å²) in [5.41, 5.74) is -0.858. The van der Waals surface area contributed by atoms with Gasteiger partial charge in [0.1, 0.15) is 5.69 Å². The molecule has 0 fully saturated rings. The van der Waals surface area contributed by atoms with Crippen LogP contribution in [0.25, 0.3) is 0 Å². The average molecular weight is 274 g/mol. The van der Waals surface area contributed by atoms with Gasteiger partial charge in [-0.2, -0.15) is 13.2 Å². The Bertz CT molecular complexity index is 411. The SMILES string of the molecule is CCC(CC)CNC(=O)c1ccc(C(F)(F)F)cn1. The van der Waals surface area contributed by atoms with Gasteiger partial charge in [0, 0.05) is 12.7 Å². The smallest absolute Gasteiger partial charge is 0.350 e. The minimum absolute atomic E-state index is 0.000967. The molecule has 6 heteroatoms. The van der Waals surface area contributed by atoms with Crippen molar-refractivity contribution < 1.29 is 18.0 Å². The van der Waals surface area contributed by atoms with Gasteiger partial charge >= 0.3 is 6.18 Å². The number of nitrogens with zero attached hydrogens (tertiary/aromatic N) is 1. The number of alkyl halides is 3. The Morgan fingerprint density at radius 1 is 1.32 bits per heavy atom. The van der Waals surface area contributed by atoms with E-state index in [0.29, 0.717) is 18.7 Å². The molecule has 0 atom stereocenters. The monoisotopic (exact) mass is 274 g/mol. The fourth-order valence-corrected chi connectivity index (χ4v) is 1.60. The number of amides is 1. The van der Waals surface area contributed by atoms with E-state index < -0.39 is 17.6 Å². The van der Waals surface area contributed by atoms with E-state index in [-0.39, 0.29) is 5.69 Å². The van der Waals surface area contributed by atoms with E-state index in [1.165, 1.54) is 0 Å². The van der Waals surface area contributed by atoms with Crippen LogP contribution in [0.3, 0.4) is 0 Å². The molecule has 0 radical (unpaired) electrons. The standard InChI is InChI=1S/C13H17F3N2O/c1-3-9(4-2)7-18-12(19)11-6-5-10(8-17-11)13(14,15)16/h5-6,8-9H,3-4,7H2,1-2H3,(H,18,19). The predicted octanol–water partition coefficient (Wildman–Crippen LogP) is 3.27. The largest absolute Gasteiger partial charge is 0.417 e. The molecule has 0 aliphatic carbocycles. The Morgan fingerprint density at radius 3 is 2.37 bits per heavy atom. The van der Waals surface area contributed by atoms with Crippen LogP contribution in [0.5, 0.6) is 0 Å². The fraction of sp³-hybridized carbons (Fsp3) is 0.538. The first-order chi connectivity index (χ1) is 8.88. The minimum atomic E-state index is -4.43. The lowest BCUT2D eigenvalue weighted by molar-refractivity contribution is -0.137. The highest BCUT2D eigenvalue weighted by atomic mass is 19.4. The van der Waals surface area contributed by atoms with Gasteiger partial charge in [0.15, 0.2) is 0 Å². The van der Waals surface area contributed by atoms with Crippen molar-refractivity contribution in [2.24, 2.45) is 5.92 Å². The van der Waals surface area contributed by atoms with E-state index in [1.807, 2.05) is 13.8 Å². The normalized spacial score (nSPS) is 11.7. The number of halogens is 3. The first-order valence-electron chi connectivity index (χ1n) is 6.19. The molecule has 1 N–H and O–H groups in total. The number of carbonyl (C=O) groups excluding carboxylic acids is 1. The van der Waals surface area contributed by atoms with Crippen LogP contribution in [0.2, 0.25) is 0 Å². The van der Waals surface area contributed by atoms with Crippen molar-refractivity contribution in [2.45, 2.75) is 32.9 Å². The van der Waals surface area contributed by atoms with E-state index in [0.717, 1.165) is 25.0 Å². The van der Waals surface area contributed by atoms with Crippen LogP contribution >= 0.6 is 0 Å². The summed E-state index contributed by atoms with van der Waals surface area (Å²) < 4.78 is 37.0. The summed E-state index contributed by atoms with van der Waals surface area (Å²) in [6, 6.07) is 1.95. The summed E-state index contributed by atoms with van der Waals surface area (Å²) in [6.07, 6.45) is -1.88. The molecule has 1 amide bonds. The third-order valence-electron chi connectivity index (χ3n) is 3.03. The quantitative estimate of drug-likeness (QED) is 0.895. The highest BCUT2D eigenvalue weighted by molar-refractivity contribution is 5.92. The summed E-state index contributed by atoms with van der Waals surface area (Å²) in [6.45, 7) is 4.56. The van der Waals surface area contributed by atoms with Crippen molar-refractivity contribution >= 4 is 5.91 Å².